The van der Waals surface area contributed by atoms with Crippen LogP contribution in [0, 0.1) is 0 Å². The maximum Gasteiger partial charge on any atom is 0.450 e. The molecule has 0 saturated heterocycles. The van der Waals surface area contributed by atoms with Crippen molar-refractivity contribution < 1.29 is 62.6 Å². The topological polar surface area (TPSA) is 68.3 Å². The summed E-state index contributed by atoms with van der Waals surface area (Å²) in [6.07, 6.45) is -11.8. The van der Waals surface area contributed by atoms with Gasteiger partial charge in [0.15, 0.2) is 0 Å². The molecule has 0 aromatic heterocycles. The molecule has 0 spiro atoms. The molecule has 127 valence electrons. The van der Waals surface area contributed by atoms with Crippen molar-refractivity contribution >= 4 is 23.1 Å². The fourth-order valence-electron chi connectivity index (χ4n) is 0.653. The summed E-state index contributed by atoms with van der Waals surface area (Å²) in [5.74, 6) is -5.52. The van der Waals surface area contributed by atoms with Crippen LogP contribution < -0.4 is 0 Å². The number of ketones is 4. The van der Waals surface area contributed by atoms with E-state index in [1.165, 1.54) is 0 Å². The summed E-state index contributed by atoms with van der Waals surface area (Å²) in [6, 6.07) is 0. The average Bonchev–Trinajstić information content (AvgIpc) is 2.13. The van der Waals surface area contributed by atoms with E-state index >= 15 is 0 Å². The molecular weight excluding hydrogens is 362 g/mol. The summed E-state index contributed by atoms with van der Waals surface area (Å²) in [4.78, 5) is 39.8. The van der Waals surface area contributed by atoms with Crippen molar-refractivity contribution in [2.45, 2.75) is 39.0 Å². The maximum atomic E-state index is 11.3. The Kier molecular flexibility index (Phi) is 11.4. The van der Waals surface area contributed by atoms with Crippen LogP contribution in [0.2, 0.25) is 0 Å². The fraction of sp³-hybridized carbons (Fsp3) is 0.600. The SMILES string of the molecule is CC(=O)CC(=O)C(F)(F)F.CC(=O)CC(=O)C(F)(F)F.[Cu]. The third-order valence-corrected chi connectivity index (χ3v) is 1.45. The molecule has 21 heavy (non-hydrogen) atoms. The van der Waals surface area contributed by atoms with Gasteiger partial charge in [-0.25, -0.2) is 0 Å². The summed E-state index contributed by atoms with van der Waals surface area (Å²) in [7, 11) is 0. The molecular formula is C10H10CuF6O4. The van der Waals surface area contributed by atoms with Gasteiger partial charge in [-0.1, -0.05) is 0 Å². The summed E-state index contributed by atoms with van der Waals surface area (Å²) in [6.45, 7) is 1.87. The summed E-state index contributed by atoms with van der Waals surface area (Å²) < 4.78 is 67.8. The Bertz CT molecular complexity index is 361. The first-order chi connectivity index (χ1) is 8.67. The number of halogens is 6. The first-order valence-corrected chi connectivity index (χ1v) is 4.86. The van der Waals surface area contributed by atoms with Gasteiger partial charge in [0.2, 0.25) is 11.6 Å². The van der Waals surface area contributed by atoms with Crippen LogP contribution in [0.4, 0.5) is 26.3 Å². The van der Waals surface area contributed by atoms with Crippen LogP contribution in [-0.2, 0) is 36.2 Å². The van der Waals surface area contributed by atoms with Gasteiger partial charge in [0.05, 0.1) is 12.8 Å². The van der Waals surface area contributed by atoms with Gasteiger partial charge in [0, 0.05) is 17.1 Å². The van der Waals surface area contributed by atoms with E-state index in [4.69, 9.17) is 0 Å². The van der Waals surface area contributed by atoms with E-state index in [-0.39, 0.29) is 17.1 Å². The number of carbonyl (C=O) groups is 4. The summed E-state index contributed by atoms with van der Waals surface area (Å²) in [5, 5.41) is 0. The van der Waals surface area contributed by atoms with Crippen molar-refractivity contribution in [3.63, 3.8) is 0 Å². The average molecular weight is 372 g/mol. The van der Waals surface area contributed by atoms with Gasteiger partial charge in [0.1, 0.15) is 11.6 Å². The van der Waals surface area contributed by atoms with Crippen molar-refractivity contribution in [2.75, 3.05) is 0 Å². The normalized spacial score (nSPS) is 10.7. The number of alkyl halides is 6. The minimum absolute atomic E-state index is 0. The van der Waals surface area contributed by atoms with Crippen LogP contribution in [-0.4, -0.2) is 35.5 Å². The van der Waals surface area contributed by atoms with Crippen LogP contribution >= 0.6 is 0 Å². The van der Waals surface area contributed by atoms with Gasteiger partial charge < -0.3 is 0 Å². The molecule has 0 aliphatic heterocycles. The van der Waals surface area contributed by atoms with Crippen LogP contribution in [0.1, 0.15) is 26.7 Å². The molecule has 0 aromatic carbocycles. The number of hydrogen-bond donors (Lipinski definition) is 0. The van der Waals surface area contributed by atoms with Crippen molar-refractivity contribution in [2.24, 2.45) is 0 Å². The zero-order valence-corrected chi connectivity index (χ0v) is 11.6. The molecule has 0 aliphatic carbocycles. The molecule has 0 unspecified atom stereocenters. The van der Waals surface area contributed by atoms with Gasteiger partial charge >= 0.3 is 12.4 Å². The van der Waals surface area contributed by atoms with Gasteiger partial charge in [-0.05, 0) is 13.8 Å². The Morgan fingerprint density at radius 3 is 0.905 bits per heavy atom. The Morgan fingerprint density at radius 1 is 0.667 bits per heavy atom. The summed E-state index contributed by atoms with van der Waals surface area (Å²) in [5.41, 5.74) is 0. The van der Waals surface area contributed by atoms with E-state index in [0.717, 1.165) is 13.8 Å². The molecule has 0 heterocycles. The monoisotopic (exact) mass is 371 g/mol. The molecule has 0 aromatic rings. The Hall–Kier alpha value is -1.22. The second kappa shape index (κ2) is 9.67. The largest absolute Gasteiger partial charge is 0.450 e. The van der Waals surface area contributed by atoms with Gasteiger partial charge in [0.25, 0.3) is 0 Å². The van der Waals surface area contributed by atoms with Crippen molar-refractivity contribution in [1.82, 2.24) is 0 Å². The Labute approximate surface area is 125 Å². The molecule has 1 radical (unpaired) electrons. The van der Waals surface area contributed by atoms with Crippen LogP contribution in [0.15, 0.2) is 0 Å². The van der Waals surface area contributed by atoms with E-state index in [9.17, 15) is 45.5 Å². The minimum atomic E-state index is -4.87. The first-order valence-electron chi connectivity index (χ1n) is 4.86. The Balaban J connectivity index is -0.000000295. The van der Waals surface area contributed by atoms with Gasteiger partial charge in [-0.2, -0.15) is 26.3 Å². The predicted molar refractivity (Wildman–Crippen MR) is 52.7 cm³/mol. The van der Waals surface area contributed by atoms with E-state index in [0.29, 0.717) is 0 Å². The van der Waals surface area contributed by atoms with E-state index < -0.39 is 48.3 Å². The minimum Gasteiger partial charge on any atom is -0.300 e. The molecule has 0 saturated carbocycles. The Morgan fingerprint density at radius 2 is 0.857 bits per heavy atom. The van der Waals surface area contributed by atoms with E-state index in [1.54, 1.807) is 0 Å². The smallest absolute Gasteiger partial charge is 0.300 e. The van der Waals surface area contributed by atoms with E-state index in [2.05, 4.69) is 0 Å². The maximum absolute atomic E-state index is 11.3. The molecule has 0 rings (SSSR count). The second-order valence-electron chi connectivity index (χ2n) is 3.60. The van der Waals surface area contributed by atoms with E-state index in [1.807, 2.05) is 0 Å². The first kappa shape index (κ1) is 24.8. The molecule has 0 atom stereocenters. The number of hydrogen-bond acceptors (Lipinski definition) is 4. The van der Waals surface area contributed by atoms with Crippen molar-refractivity contribution in [3.8, 4) is 0 Å². The predicted octanol–water partition coefficient (Wildman–Crippen LogP) is 2.19. The zero-order valence-electron chi connectivity index (χ0n) is 10.6. The molecule has 0 fully saturated rings. The van der Waals surface area contributed by atoms with Gasteiger partial charge in [-0.3, -0.25) is 19.2 Å². The second-order valence-corrected chi connectivity index (χ2v) is 3.60. The third kappa shape index (κ3) is 15.0. The molecule has 0 amide bonds. The quantitative estimate of drug-likeness (QED) is 0.431. The van der Waals surface area contributed by atoms with Crippen LogP contribution in [0.25, 0.3) is 0 Å². The molecule has 4 nitrogen and oxygen atoms in total. The molecule has 0 aliphatic rings. The standard InChI is InChI=1S/2C5H5F3O2.Cu/c2*1-3(9)2-4(10)5(6,7)8;/h2*2H2,1H3;. The van der Waals surface area contributed by atoms with Gasteiger partial charge in [-0.15, -0.1) is 0 Å². The fourth-order valence-corrected chi connectivity index (χ4v) is 0.653. The molecule has 11 heteroatoms. The zero-order chi connectivity index (χ0) is 16.7. The number of Topliss-reactive ketones (excluding diaryl/α,β-unsaturated/α-hetero) is 4. The van der Waals surface area contributed by atoms with Crippen molar-refractivity contribution in [1.29, 1.82) is 0 Å². The molecule has 0 N–H and O–H groups in total. The van der Waals surface area contributed by atoms with Crippen LogP contribution in [0.5, 0.6) is 0 Å². The molecule has 0 bridgehead atoms. The number of carbonyl (C=O) groups excluding carboxylic acids is 4. The summed E-state index contributed by atoms with van der Waals surface area (Å²) >= 11 is 0. The van der Waals surface area contributed by atoms with Crippen LogP contribution in [0.3, 0.4) is 0 Å². The third-order valence-electron chi connectivity index (χ3n) is 1.45. The number of rotatable bonds is 4. The van der Waals surface area contributed by atoms with Crippen molar-refractivity contribution in [3.05, 3.63) is 0 Å².